The second kappa shape index (κ2) is 5.09. The number of nitrogens with zero attached hydrogens (tertiary/aromatic N) is 2. The lowest BCUT2D eigenvalue weighted by Gasteiger charge is -2.01. The first-order valence-electron chi connectivity index (χ1n) is 6.22. The molecule has 2 aromatic carbocycles. The van der Waals surface area contributed by atoms with Crippen molar-refractivity contribution in [3.8, 4) is 0 Å². The van der Waals surface area contributed by atoms with Crippen LogP contribution < -0.4 is 11.1 Å². The van der Waals surface area contributed by atoms with Crippen molar-refractivity contribution >= 4 is 28.7 Å². The third kappa shape index (κ3) is 2.34. The van der Waals surface area contributed by atoms with Crippen LogP contribution >= 0.6 is 0 Å². The number of nitrogens with two attached hydrogens (primary N) is 1. The Hall–Kier alpha value is -3.15. The lowest BCUT2D eigenvalue weighted by Crippen LogP contribution is -2.21. The van der Waals surface area contributed by atoms with E-state index in [9.17, 15) is 9.59 Å². The Morgan fingerprint density at radius 2 is 1.95 bits per heavy atom. The van der Waals surface area contributed by atoms with Crippen LogP contribution in [-0.4, -0.2) is 21.7 Å². The van der Waals surface area contributed by atoms with E-state index in [1.807, 2.05) is 6.07 Å². The molecule has 3 aromatic rings. The monoisotopic (exact) mass is 279 g/mol. The molecule has 0 atom stereocenters. The molecule has 0 fully saturated rings. The summed E-state index contributed by atoms with van der Waals surface area (Å²) in [5, 5.41) is 7.32. The van der Waals surface area contributed by atoms with Crippen molar-refractivity contribution in [2.45, 2.75) is 0 Å². The van der Waals surface area contributed by atoms with E-state index in [2.05, 4.69) is 16.5 Å². The Morgan fingerprint density at radius 1 is 1.19 bits per heavy atom. The second-order valence-corrected chi connectivity index (χ2v) is 4.36. The number of benzene rings is 2. The maximum atomic E-state index is 12.2. The predicted molar refractivity (Wildman–Crippen MR) is 77.9 cm³/mol. The number of aromatic nitrogens is 2. The van der Waals surface area contributed by atoms with Gasteiger partial charge in [0.2, 0.25) is 0 Å². The van der Waals surface area contributed by atoms with Gasteiger partial charge in [-0.15, -0.1) is 5.10 Å². The van der Waals surface area contributed by atoms with Crippen LogP contribution in [0, 0.1) is 6.07 Å². The topological polar surface area (TPSA) is 90.0 Å². The normalized spacial score (nSPS) is 10.5. The van der Waals surface area contributed by atoms with Crippen LogP contribution in [-0.2, 0) is 0 Å². The molecule has 0 spiro atoms. The minimum Gasteiger partial charge on any atom is -0.350 e. The van der Waals surface area contributed by atoms with Crippen LogP contribution in [0.4, 0.5) is 10.6 Å². The van der Waals surface area contributed by atoms with Crippen molar-refractivity contribution in [1.82, 2.24) is 9.78 Å². The summed E-state index contributed by atoms with van der Waals surface area (Å²) in [6, 6.07) is 15.8. The third-order valence-corrected chi connectivity index (χ3v) is 3.00. The highest BCUT2D eigenvalue weighted by Crippen LogP contribution is 2.22. The minimum atomic E-state index is -0.716. The average molecular weight is 279 g/mol. The van der Waals surface area contributed by atoms with Crippen LogP contribution in [0.1, 0.15) is 10.4 Å². The highest BCUT2D eigenvalue weighted by atomic mass is 16.2. The van der Waals surface area contributed by atoms with Gasteiger partial charge in [-0.25, -0.2) is 4.79 Å². The molecule has 0 aliphatic rings. The quantitative estimate of drug-likeness (QED) is 0.752. The van der Waals surface area contributed by atoms with E-state index in [1.165, 1.54) is 0 Å². The lowest BCUT2D eigenvalue weighted by atomic mass is 10.2. The molecule has 103 valence electrons. The number of carbonyl (C=O) groups excluding carboxylic acids is 2. The molecule has 1 heterocycles. The van der Waals surface area contributed by atoms with Crippen LogP contribution in [0.15, 0.2) is 48.5 Å². The first kappa shape index (κ1) is 12.9. The number of nitrogens with one attached hydrogen (secondary N) is 1. The van der Waals surface area contributed by atoms with Crippen LogP contribution in [0.3, 0.4) is 0 Å². The van der Waals surface area contributed by atoms with Crippen molar-refractivity contribution in [2.75, 3.05) is 5.32 Å². The van der Waals surface area contributed by atoms with Gasteiger partial charge in [0, 0.05) is 10.9 Å². The summed E-state index contributed by atoms with van der Waals surface area (Å²) in [6.07, 6.45) is 0. The van der Waals surface area contributed by atoms with Gasteiger partial charge in [0.25, 0.3) is 5.91 Å². The molecule has 3 rings (SSSR count). The molecule has 0 bridgehead atoms. The predicted octanol–water partition coefficient (Wildman–Crippen LogP) is 2.02. The number of carbonyl (C=O) groups is 2. The van der Waals surface area contributed by atoms with Crippen molar-refractivity contribution in [1.29, 1.82) is 0 Å². The molecule has 3 N–H and O–H groups in total. The van der Waals surface area contributed by atoms with Gasteiger partial charge in [0.15, 0.2) is 5.82 Å². The molecule has 0 saturated carbocycles. The molecule has 2 amide bonds. The Kier molecular flexibility index (Phi) is 3.12. The van der Waals surface area contributed by atoms with E-state index in [-0.39, 0.29) is 11.7 Å². The van der Waals surface area contributed by atoms with Gasteiger partial charge in [-0.3, -0.25) is 4.79 Å². The Morgan fingerprint density at radius 3 is 2.67 bits per heavy atom. The number of hydrogen-bond donors (Lipinski definition) is 2. The average Bonchev–Trinajstić information content (AvgIpc) is 2.87. The van der Waals surface area contributed by atoms with Gasteiger partial charge in [-0.05, 0) is 30.3 Å². The van der Waals surface area contributed by atoms with Gasteiger partial charge in [0.05, 0.1) is 5.52 Å². The van der Waals surface area contributed by atoms with Crippen LogP contribution in [0.2, 0.25) is 0 Å². The first-order valence-corrected chi connectivity index (χ1v) is 6.22. The lowest BCUT2D eigenvalue weighted by molar-refractivity contribution is 0.102. The van der Waals surface area contributed by atoms with Gasteiger partial charge < -0.3 is 11.1 Å². The molecule has 0 unspecified atom stereocenters. The van der Waals surface area contributed by atoms with E-state index < -0.39 is 6.03 Å². The number of primary amides is 1. The molecule has 21 heavy (non-hydrogen) atoms. The summed E-state index contributed by atoms with van der Waals surface area (Å²) in [4.78, 5) is 23.5. The standard InChI is InChI=1S/C15H11N4O2/c16-15(21)19-12-9-5-4-8-11(12)13(18-19)17-14(20)10-6-2-1-3-7-10/h1-3,5-9H,(H2,16,21)(H,17,18,20). The van der Waals surface area contributed by atoms with Gasteiger partial charge >= 0.3 is 6.03 Å². The summed E-state index contributed by atoms with van der Waals surface area (Å²) in [7, 11) is 0. The third-order valence-electron chi connectivity index (χ3n) is 3.00. The van der Waals surface area contributed by atoms with E-state index in [0.29, 0.717) is 16.5 Å². The molecule has 6 heteroatoms. The summed E-state index contributed by atoms with van der Waals surface area (Å²) < 4.78 is 1.05. The van der Waals surface area contributed by atoms with Gasteiger partial charge in [-0.1, -0.05) is 24.3 Å². The van der Waals surface area contributed by atoms with Gasteiger partial charge in [0.1, 0.15) is 0 Å². The largest absolute Gasteiger partial charge is 0.350 e. The van der Waals surface area contributed by atoms with Crippen molar-refractivity contribution in [3.05, 3.63) is 60.2 Å². The number of anilines is 1. The van der Waals surface area contributed by atoms with Crippen molar-refractivity contribution in [3.63, 3.8) is 0 Å². The molecule has 0 aliphatic heterocycles. The smallest absolute Gasteiger partial charge is 0.340 e. The van der Waals surface area contributed by atoms with Crippen molar-refractivity contribution in [2.24, 2.45) is 5.73 Å². The minimum absolute atomic E-state index is 0.273. The zero-order valence-corrected chi connectivity index (χ0v) is 10.9. The Labute approximate surface area is 120 Å². The van der Waals surface area contributed by atoms with E-state index in [1.54, 1.807) is 42.5 Å². The SMILES string of the molecule is NC(=O)n1nc(NC(=O)c2ccccc2)c2c[c]ccc21. The Balaban J connectivity index is 2.02. The van der Waals surface area contributed by atoms with Gasteiger partial charge in [-0.2, -0.15) is 4.68 Å². The molecule has 1 aromatic heterocycles. The van der Waals surface area contributed by atoms with E-state index in [4.69, 9.17) is 5.73 Å². The summed E-state index contributed by atoms with van der Waals surface area (Å²) in [5.41, 5.74) is 6.29. The molecular weight excluding hydrogens is 268 g/mol. The number of hydrogen-bond acceptors (Lipinski definition) is 3. The highest BCUT2D eigenvalue weighted by Gasteiger charge is 2.15. The maximum Gasteiger partial charge on any atom is 0.340 e. The fraction of sp³-hybridized carbons (Fsp3) is 0. The summed E-state index contributed by atoms with van der Waals surface area (Å²) in [5.74, 6) is -0.0371. The molecular formula is C15H11N4O2. The summed E-state index contributed by atoms with van der Waals surface area (Å²) >= 11 is 0. The van der Waals surface area contributed by atoms with Crippen LogP contribution in [0.5, 0.6) is 0 Å². The van der Waals surface area contributed by atoms with Crippen molar-refractivity contribution < 1.29 is 9.59 Å². The number of rotatable bonds is 2. The highest BCUT2D eigenvalue weighted by molar-refractivity contribution is 6.08. The second-order valence-electron chi connectivity index (χ2n) is 4.36. The zero-order valence-electron chi connectivity index (χ0n) is 10.9. The molecule has 6 nitrogen and oxygen atoms in total. The summed E-state index contributed by atoms with van der Waals surface area (Å²) in [6.45, 7) is 0. The zero-order chi connectivity index (χ0) is 14.8. The first-order chi connectivity index (χ1) is 10.2. The van der Waals surface area contributed by atoms with Crippen LogP contribution in [0.25, 0.3) is 10.9 Å². The molecule has 1 radical (unpaired) electrons. The molecule has 0 saturated heterocycles. The van der Waals surface area contributed by atoms with E-state index >= 15 is 0 Å². The van der Waals surface area contributed by atoms with E-state index in [0.717, 1.165) is 4.68 Å². The molecule has 0 aliphatic carbocycles. The Bertz CT molecular complexity index is 824. The fourth-order valence-electron chi connectivity index (χ4n) is 2.03. The fourth-order valence-corrected chi connectivity index (χ4v) is 2.03. The maximum absolute atomic E-state index is 12.2. The number of amides is 2. The number of fused-ring (bicyclic) bond motifs is 1.